The van der Waals surface area contributed by atoms with E-state index in [9.17, 15) is 9.59 Å². The van der Waals surface area contributed by atoms with Gasteiger partial charge in [0.15, 0.2) is 0 Å². The molecular formula is C18H28N2O2. The fourth-order valence-electron chi connectivity index (χ4n) is 2.51. The van der Waals surface area contributed by atoms with Crippen molar-refractivity contribution in [3.05, 3.63) is 35.9 Å². The maximum atomic E-state index is 12.0. The summed E-state index contributed by atoms with van der Waals surface area (Å²) < 4.78 is 0. The van der Waals surface area contributed by atoms with Crippen molar-refractivity contribution < 1.29 is 9.59 Å². The Morgan fingerprint density at radius 2 is 1.59 bits per heavy atom. The summed E-state index contributed by atoms with van der Waals surface area (Å²) in [6.07, 6.45) is 2.28. The van der Waals surface area contributed by atoms with Gasteiger partial charge in [-0.3, -0.25) is 9.59 Å². The van der Waals surface area contributed by atoms with Gasteiger partial charge in [0.2, 0.25) is 11.8 Å². The quantitative estimate of drug-likeness (QED) is 0.704. The zero-order valence-corrected chi connectivity index (χ0v) is 14.0. The second-order valence-corrected chi connectivity index (χ2v) is 5.41. The SMILES string of the molecule is CCN(CC)C(=O)CCN(CCCc1ccccc1)C(C)=O. The third-order valence-electron chi connectivity index (χ3n) is 3.89. The van der Waals surface area contributed by atoms with Crippen molar-refractivity contribution in [2.75, 3.05) is 26.2 Å². The zero-order valence-electron chi connectivity index (χ0n) is 14.0. The number of nitrogens with zero attached hydrogens (tertiary/aromatic N) is 2. The maximum absolute atomic E-state index is 12.0. The van der Waals surface area contributed by atoms with E-state index in [-0.39, 0.29) is 11.8 Å². The largest absolute Gasteiger partial charge is 0.343 e. The van der Waals surface area contributed by atoms with Crippen molar-refractivity contribution in [2.45, 2.75) is 40.0 Å². The van der Waals surface area contributed by atoms with E-state index < -0.39 is 0 Å². The van der Waals surface area contributed by atoms with E-state index in [2.05, 4.69) is 12.1 Å². The van der Waals surface area contributed by atoms with Crippen LogP contribution in [0, 0.1) is 0 Å². The predicted molar refractivity (Wildman–Crippen MR) is 89.6 cm³/mol. The molecular weight excluding hydrogens is 276 g/mol. The fourth-order valence-corrected chi connectivity index (χ4v) is 2.51. The molecule has 4 nitrogen and oxygen atoms in total. The molecule has 22 heavy (non-hydrogen) atoms. The summed E-state index contributed by atoms with van der Waals surface area (Å²) in [5.41, 5.74) is 1.28. The molecule has 0 fully saturated rings. The Bertz CT molecular complexity index is 455. The molecule has 0 aliphatic heterocycles. The highest BCUT2D eigenvalue weighted by Crippen LogP contribution is 2.05. The van der Waals surface area contributed by atoms with Crippen LogP contribution in [0.25, 0.3) is 0 Å². The molecule has 122 valence electrons. The van der Waals surface area contributed by atoms with E-state index in [0.717, 1.165) is 25.9 Å². The van der Waals surface area contributed by atoms with Crippen LogP contribution in [0.5, 0.6) is 0 Å². The van der Waals surface area contributed by atoms with Gasteiger partial charge in [0, 0.05) is 39.5 Å². The van der Waals surface area contributed by atoms with Crippen LogP contribution in [0.1, 0.15) is 39.2 Å². The molecule has 4 heteroatoms. The van der Waals surface area contributed by atoms with Gasteiger partial charge in [-0.25, -0.2) is 0 Å². The number of rotatable bonds is 9. The number of hydrogen-bond acceptors (Lipinski definition) is 2. The average Bonchev–Trinajstić information content (AvgIpc) is 2.52. The Morgan fingerprint density at radius 1 is 0.955 bits per heavy atom. The first-order valence-corrected chi connectivity index (χ1v) is 8.15. The molecule has 0 heterocycles. The third-order valence-corrected chi connectivity index (χ3v) is 3.89. The summed E-state index contributed by atoms with van der Waals surface area (Å²) in [6, 6.07) is 10.3. The van der Waals surface area contributed by atoms with Crippen molar-refractivity contribution in [1.82, 2.24) is 9.80 Å². The second-order valence-electron chi connectivity index (χ2n) is 5.41. The molecule has 0 saturated heterocycles. The van der Waals surface area contributed by atoms with Gasteiger partial charge in [-0.05, 0) is 32.3 Å². The lowest BCUT2D eigenvalue weighted by molar-refractivity contribution is -0.133. The lowest BCUT2D eigenvalue weighted by atomic mass is 10.1. The normalized spacial score (nSPS) is 10.3. The molecule has 1 rings (SSSR count). The van der Waals surface area contributed by atoms with Crippen molar-refractivity contribution in [2.24, 2.45) is 0 Å². The molecule has 0 aromatic heterocycles. The highest BCUT2D eigenvalue weighted by atomic mass is 16.2. The van der Waals surface area contributed by atoms with Crippen LogP contribution in [0.2, 0.25) is 0 Å². The maximum Gasteiger partial charge on any atom is 0.224 e. The summed E-state index contributed by atoms with van der Waals surface area (Å²) in [6.45, 7) is 8.19. The highest BCUT2D eigenvalue weighted by molar-refractivity contribution is 5.78. The van der Waals surface area contributed by atoms with Gasteiger partial charge >= 0.3 is 0 Å². The minimum Gasteiger partial charge on any atom is -0.343 e. The van der Waals surface area contributed by atoms with Crippen LogP contribution in [0.4, 0.5) is 0 Å². The van der Waals surface area contributed by atoms with Crippen molar-refractivity contribution >= 4 is 11.8 Å². The van der Waals surface area contributed by atoms with Crippen LogP contribution < -0.4 is 0 Å². The lowest BCUT2D eigenvalue weighted by Crippen LogP contribution is -2.36. The van der Waals surface area contributed by atoms with Crippen LogP contribution in [-0.4, -0.2) is 47.8 Å². The third kappa shape index (κ3) is 6.29. The number of benzene rings is 1. The summed E-state index contributed by atoms with van der Waals surface area (Å²) >= 11 is 0. The number of hydrogen-bond donors (Lipinski definition) is 0. The van der Waals surface area contributed by atoms with E-state index in [0.29, 0.717) is 19.5 Å². The first-order chi connectivity index (χ1) is 10.6. The smallest absolute Gasteiger partial charge is 0.224 e. The Morgan fingerprint density at radius 3 is 2.14 bits per heavy atom. The van der Waals surface area contributed by atoms with Gasteiger partial charge in [-0.2, -0.15) is 0 Å². The summed E-state index contributed by atoms with van der Waals surface area (Å²) in [5, 5.41) is 0. The molecule has 0 atom stereocenters. The highest BCUT2D eigenvalue weighted by Gasteiger charge is 2.14. The monoisotopic (exact) mass is 304 g/mol. The molecule has 0 bridgehead atoms. The molecule has 0 N–H and O–H groups in total. The van der Waals surface area contributed by atoms with Crippen LogP contribution in [0.15, 0.2) is 30.3 Å². The molecule has 0 radical (unpaired) electrons. The van der Waals surface area contributed by atoms with Crippen molar-refractivity contribution in [3.8, 4) is 0 Å². The van der Waals surface area contributed by atoms with Crippen LogP contribution in [-0.2, 0) is 16.0 Å². The van der Waals surface area contributed by atoms with E-state index in [1.165, 1.54) is 5.56 Å². The van der Waals surface area contributed by atoms with Gasteiger partial charge in [-0.15, -0.1) is 0 Å². The first kappa shape index (κ1) is 18.2. The average molecular weight is 304 g/mol. The summed E-state index contributed by atoms with van der Waals surface area (Å²) in [5.74, 6) is 0.166. The van der Waals surface area contributed by atoms with Crippen LogP contribution >= 0.6 is 0 Å². The Hall–Kier alpha value is -1.84. The topological polar surface area (TPSA) is 40.6 Å². The van der Waals surface area contributed by atoms with Gasteiger partial charge in [0.25, 0.3) is 0 Å². The number of aryl methyl sites for hydroxylation is 1. The molecule has 0 aliphatic carbocycles. The van der Waals surface area contributed by atoms with Gasteiger partial charge in [0.1, 0.15) is 0 Å². The molecule has 0 aliphatic rings. The minimum atomic E-state index is 0.0420. The molecule has 0 spiro atoms. The van der Waals surface area contributed by atoms with Gasteiger partial charge in [0.05, 0.1) is 0 Å². The van der Waals surface area contributed by atoms with E-state index in [1.54, 1.807) is 11.8 Å². The minimum absolute atomic E-state index is 0.0420. The lowest BCUT2D eigenvalue weighted by Gasteiger charge is -2.23. The summed E-state index contributed by atoms with van der Waals surface area (Å²) in [4.78, 5) is 27.3. The predicted octanol–water partition coefficient (Wildman–Crippen LogP) is 2.73. The fraction of sp³-hybridized carbons (Fsp3) is 0.556. The Labute approximate surface area is 134 Å². The first-order valence-electron chi connectivity index (χ1n) is 8.15. The molecule has 1 aromatic carbocycles. The van der Waals surface area contributed by atoms with Crippen molar-refractivity contribution in [1.29, 1.82) is 0 Å². The van der Waals surface area contributed by atoms with E-state index in [4.69, 9.17) is 0 Å². The van der Waals surface area contributed by atoms with Crippen molar-refractivity contribution in [3.63, 3.8) is 0 Å². The Kier molecular flexibility index (Phi) is 8.26. The van der Waals surface area contributed by atoms with E-state index in [1.807, 2.05) is 36.9 Å². The molecule has 1 aromatic rings. The van der Waals surface area contributed by atoms with Gasteiger partial charge < -0.3 is 9.80 Å². The molecule has 0 unspecified atom stereocenters. The standard InChI is InChI=1S/C18H28N2O2/c1-4-19(5-2)18(22)13-15-20(16(3)21)14-9-12-17-10-7-6-8-11-17/h6-8,10-11H,4-5,9,12-15H2,1-3H3. The zero-order chi connectivity index (χ0) is 16.4. The number of amides is 2. The molecule has 0 saturated carbocycles. The van der Waals surface area contributed by atoms with Gasteiger partial charge in [-0.1, -0.05) is 30.3 Å². The second kappa shape index (κ2) is 9.98. The Balaban J connectivity index is 2.39. The number of carbonyl (C=O) groups is 2. The summed E-state index contributed by atoms with van der Waals surface area (Å²) in [7, 11) is 0. The van der Waals surface area contributed by atoms with Crippen LogP contribution in [0.3, 0.4) is 0 Å². The molecule has 2 amide bonds. The number of carbonyl (C=O) groups excluding carboxylic acids is 2. The van der Waals surface area contributed by atoms with E-state index >= 15 is 0 Å².